The maximum atomic E-state index is 12.3. The lowest BCUT2D eigenvalue weighted by Gasteiger charge is -2.10. The van der Waals surface area contributed by atoms with Crippen LogP contribution >= 0.6 is 0 Å². The Hall–Kier alpha value is -2.03. The molecule has 3 aromatic rings. The predicted molar refractivity (Wildman–Crippen MR) is 80.4 cm³/mol. The van der Waals surface area contributed by atoms with Crippen molar-refractivity contribution in [2.24, 2.45) is 0 Å². The minimum Gasteiger partial charge on any atom is -0.171 e. The number of alkyl halides is 3. The van der Waals surface area contributed by atoms with Gasteiger partial charge < -0.3 is 0 Å². The van der Waals surface area contributed by atoms with E-state index < -0.39 is 12.6 Å². The Bertz CT molecular complexity index is 772. The van der Waals surface area contributed by atoms with Gasteiger partial charge >= 0.3 is 6.18 Å². The normalized spacial score (nSPS) is 12.1. The molecule has 0 radical (unpaired) electrons. The SMILES string of the molecule is FC(F)(F)CCCc1cccc2cc3ccccc3cc12. The molecule has 0 bridgehead atoms. The van der Waals surface area contributed by atoms with Crippen LogP contribution in [0.4, 0.5) is 13.2 Å². The lowest BCUT2D eigenvalue weighted by atomic mass is 9.97. The molecule has 0 aliphatic carbocycles. The summed E-state index contributed by atoms with van der Waals surface area (Å²) in [6, 6.07) is 18.1. The molecule has 0 nitrogen and oxygen atoms in total. The Kier molecular flexibility index (Phi) is 3.58. The zero-order chi connectivity index (χ0) is 14.9. The van der Waals surface area contributed by atoms with Gasteiger partial charge in [-0.05, 0) is 52.1 Å². The van der Waals surface area contributed by atoms with Gasteiger partial charge in [0.1, 0.15) is 0 Å². The quantitative estimate of drug-likeness (QED) is 0.528. The number of hydrogen-bond donors (Lipinski definition) is 0. The van der Waals surface area contributed by atoms with Crippen molar-refractivity contribution >= 4 is 21.5 Å². The zero-order valence-corrected chi connectivity index (χ0v) is 11.5. The Morgan fingerprint density at radius 1 is 0.762 bits per heavy atom. The van der Waals surface area contributed by atoms with E-state index in [-0.39, 0.29) is 6.42 Å². The van der Waals surface area contributed by atoms with E-state index in [1.54, 1.807) is 0 Å². The molecular weight excluding hydrogens is 273 g/mol. The van der Waals surface area contributed by atoms with E-state index in [1.165, 1.54) is 0 Å². The topological polar surface area (TPSA) is 0 Å². The van der Waals surface area contributed by atoms with E-state index in [4.69, 9.17) is 0 Å². The summed E-state index contributed by atoms with van der Waals surface area (Å²) in [5.74, 6) is 0. The van der Waals surface area contributed by atoms with Gasteiger partial charge in [0.25, 0.3) is 0 Å². The lowest BCUT2D eigenvalue weighted by molar-refractivity contribution is -0.135. The monoisotopic (exact) mass is 288 g/mol. The number of benzene rings is 3. The minimum atomic E-state index is -4.07. The average molecular weight is 288 g/mol. The van der Waals surface area contributed by atoms with Crippen molar-refractivity contribution in [1.82, 2.24) is 0 Å². The van der Waals surface area contributed by atoms with Crippen molar-refractivity contribution in [2.45, 2.75) is 25.4 Å². The average Bonchev–Trinajstić information content (AvgIpc) is 2.44. The highest BCUT2D eigenvalue weighted by Gasteiger charge is 2.26. The molecule has 108 valence electrons. The highest BCUT2D eigenvalue weighted by molar-refractivity contribution is 5.99. The fraction of sp³-hybridized carbons (Fsp3) is 0.222. The molecule has 0 fully saturated rings. The van der Waals surface area contributed by atoms with E-state index in [2.05, 4.69) is 12.1 Å². The number of hydrogen-bond acceptors (Lipinski definition) is 0. The van der Waals surface area contributed by atoms with Gasteiger partial charge in [-0.25, -0.2) is 0 Å². The molecule has 3 aromatic carbocycles. The molecule has 3 rings (SSSR count). The second-order valence-electron chi connectivity index (χ2n) is 5.31. The van der Waals surface area contributed by atoms with Crippen molar-refractivity contribution in [2.75, 3.05) is 0 Å². The predicted octanol–water partition coefficient (Wildman–Crippen LogP) is 5.88. The summed E-state index contributed by atoms with van der Waals surface area (Å²) in [4.78, 5) is 0. The van der Waals surface area contributed by atoms with E-state index in [0.717, 1.165) is 27.1 Å². The second kappa shape index (κ2) is 5.40. The molecule has 0 amide bonds. The van der Waals surface area contributed by atoms with Crippen LogP contribution in [0, 0.1) is 0 Å². The summed E-state index contributed by atoms with van der Waals surface area (Å²) < 4.78 is 36.8. The molecule has 0 spiro atoms. The first-order valence-corrected chi connectivity index (χ1v) is 7.00. The Labute approximate surface area is 121 Å². The summed E-state index contributed by atoms with van der Waals surface area (Å²) in [5.41, 5.74) is 0.988. The first kappa shape index (κ1) is 13.9. The van der Waals surface area contributed by atoms with Crippen molar-refractivity contribution in [3.8, 4) is 0 Å². The Morgan fingerprint density at radius 2 is 1.43 bits per heavy atom. The van der Waals surface area contributed by atoms with Crippen LogP contribution in [0.2, 0.25) is 0 Å². The maximum absolute atomic E-state index is 12.3. The second-order valence-corrected chi connectivity index (χ2v) is 5.31. The van der Waals surface area contributed by atoms with Crippen LogP contribution in [0.15, 0.2) is 54.6 Å². The lowest BCUT2D eigenvalue weighted by Crippen LogP contribution is -2.07. The van der Waals surface area contributed by atoms with Crippen LogP contribution in [0.1, 0.15) is 18.4 Å². The Morgan fingerprint density at radius 3 is 2.14 bits per heavy atom. The molecular formula is C18H15F3. The largest absolute Gasteiger partial charge is 0.389 e. The Balaban J connectivity index is 1.97. The molecule has 0 aliphatic heterocycles. The van der Waals surface area contributed by atoms with E-state index in [0.29, 0.717) is 6.42 Å². The third-order valence-corrected chi connectivity index (χ3v) is 3.74. The van der Waals surface area contributed by atoms with Gasteiger partial charge in [-0.3, -0.25) is 0 Å². The first-order chi connectivity index (χ1) is 10.0. The standard InChI is InChI=1S/C18H15F3/c19-18(20,21)10-4-9-13-7-3-8-16-11-14-5-1-2-6-15(14)12-17(13)16/h1-3,5-8,11-12H,4,9-10H2. The van der Waals surface area contributed by atoms with Crippen molar-refractivity contribution < 1.29 is 13.2 Å². The maximum Gasteiger partial charge on any atom is 0.389 e. The molecule has 0 heterocycles. The van der Waals surface area contributed by atoms with Gasteiger partial charge in [0, 0.05) is 6.42 Å². The zero-order valence-electron chi connectivity index (χ0n) is 11.5. The van der Waals surface area contributed by atoms with Gasteiger partial charge in [0.05, 0.1) is 0 Å². The molecule has 0 unspecified atom stereocenters. The van der Waals surface area contributed by atoms with Crippen LogP contribution in [-0.2, 0) is 6.42 Å². The van der Waals surface area contributed by atoms with Gasteiger partial charge in [-0.15, -0.1) is 0 Å². The van der Waals surface area contributed by atoms with Crippen molar-refractivity contribution in [3.63, 3.8) is 0 Å². The molecule has 0 saturated heterocycles. The highest BCUT2D eigenvalue weighted by Crippen LogP contribution is 2.28. The van der Waals surface area contributed by atoms with E-state index in [1.807, 2.05) is 42.5 Å². The van der Waals surface area contributed by atoms with Crippen molar-refractivity contribution in [1.29, 1.82) is 0 Å². The van der Waals surface area contributed by atoms with Gasteiger partial charge in [0.15, 0.2) is 0 Å². The molecule has 0 aliphatic rings. The number of rotatable bonds is 3. The third kappa shape index (κ3) is 3.18. The van der Waals surface area contributed by atoms with Crippen LogP contribution in [0.3, 0.4) is 0 Å². The highest BCUT2D eigenvalue weighted by atomic mass is 19.4. The summed E-state index contributed by atoms with van der Waals surface area (Å²) in [6.07, 6.45) is -4.21. The molecule has 0 atom stereocenters. The van der Waals surface area contributed by atoms with Gasteiger partial charge in [-0.2, -0.15) is 13.2 Å². The fourth-order valence-corrected chi connectivity index (χ4v) is 2.73. The molecule has 3 heteroatoms. The van der Waals surface area contributed by atoms with Crippen LogP contribution in [0.5, 0.6) is 0 Å². The first-order valence-electron chi connectivity index (χ1n) is 7.00. The smallest absolute Gasteiger partial charge is 0.171 e. The summed E-state index contributed by atoms with van der Waals surface area (Å²) in [6.45, 7) is 0. The van der Waals surface area contributed by atoms with E-state index in [9.17, 15) is 13.2 Å². The number of aryl methyl sites for hydroxylation is 1. The number of fused-ring (bicyclic) bond motifs is 2. The fourth-order valence-electron chi connectivity index (χ4n) is 2.73. The van der Waals surface area contributed by atoms with Crippen LogP contribution < -0.4 is 0 Å². The molecule has 0 aromatic heterocycles. The molecule has 0 saturated carbocycles. The van der Waals surface area contributed by atoms with Crippen LogP contribution in [0.25, 0.3) is 21.5 Å². The number of halogens is 3. The summed E-state index contributed by atoms with van der Waals surface area (Å²) in [5, 5.41) is 4.40. The van der Waals surface area contributed by atoms with Crippen molar-refractivity contribution in [3.05, 3.63) is 60.2 Å². The van der Waals surface area contributed by atoms with E-state index >= 15 is 0 Å². The summed E-state index contributed by atoms with van der Waals surface area (Å²) in [7, 11) is 0. The van der Waals surface area contributed by atoms with Crippen LogP contribution in [-0.4, -0.2) is 6.18 Å². The molecule has 0 N–H and O–H groups in total. The van der Waals surface area contributed by atoms with Gasteiger partial charge in [0.2, 0.25) is 0 Å². The third-order valence-electron chi connectivity index (χ3n) is 3.74. The van der Waals surface area contributed by atoms with Gasteiger partial charge in [-0.1, -0.05) is 42.5 Å². The minimum absolute atomic E-state index is 0.134. The summed E-state index contributed by atoms with van der Waals surface area (Å²) >= 11 is 0. The molecule has 21 heavy (non-hydrogen) atoms.